The molecule has 1 N–H and O–H groups in total. The number of amides is 1. The highest BCUT2D eigenvalue weighted by Gasteiger charge is 2.19. The number of anilines is 1. The monoisotopic (exact) mass is 424 g/mol. The van der Waals surface area contributed by atoms with Gasteiger partial charge in [-0.05, 0) is 43.7 Å². The molecule has 30 heavy (non-hydrogen) atoms. The maximum absolute atomic E-state index is 13.1. The van der Waals surface area contributed by atoms with E-state index in [1.807, 2.05) is 6.92 Å². The Morgan fingerprint density at radius 1 is 1.23 bits per heavy atom. The van der Waals surface area contributed by atoms with E-state index in [1.54, 1.807) is 35.9 Å². The first-order valence-corrected chi connectivity index (χ1v) is 9.92. The van der Waals surface area contributed by atoms with Crippen molar-refractivity contribution in [2.75, 3.05) is 5.32 Å². The van der Waals surface area contributed by atoms with Gasteiger partial charge in [-0.15, -0.1) is 11.3 Å². The third-order valence-electron chi connectivity index (χ3n) is 4.83. The van der Waals surface area contributed by atoms with Crippen LogP contribution in [0.1, 0.15) is 26.5 Å². The van der Waals surface area contributed by atoms with Gasteiger partial charge in [0.1, 0.15) is 10.6 Å². The quantitative estimate of drug-likeness (QED) is 0.358. The van der Waals surface area contributed by atoms with Crippen LogP contribution in [-0.4, -0.2) is 20.6 Å². The maximum atomic E-state index is 13.1. The molecule has 0 aliphatic carbocycles. The molecule has 0 aliphatic rings. The number of halogens is 1. The van der Waals surface area contributed by atoms with Crippen molar-refractivity contribution in [1.82, 2.24) is 9.78 Å². The Morgan fingerprint density at radius 3 is 2.67 bits per heavy atom. The van der Waals surface area contributed by atoms with Crippen molar-refractivity contribution in [3.05, 3.63) is 86.2 Å². The smallest absolute Gasteiger partial charge is 0.274 e. The molecule has 2 aromatic heterocycles. The number of carbonyl (C=O) groups excluding carboxylic acids is 1. The second kappa shape index (κ2) is 7.68. The number of nitrogens with one attached hydrogen (secondary N) is 1. The normalized spacial score (nSPS) is 11.0. The lowest BCUT2D eigenvalue weighted by atomic mass is 10.1. The molecule has 4 aromatic rings. The highest BCUT2D eigenvalue weighted by molar-refractivity contribution is 7.20. The van der Waals surface area contributed by atoms with Crippen molar-refractivity contribution in [3.8, 4) is 0 Å². The van der Waals surface area contributed by atoms with E-state index in [-0.39, 0.29) is 17.4 Å². The zero-order valence-corrected chi connectivity index (χ0v) is 17.0. The molecule has 0 saturated heterocycles. The zero-order chi connectivity index (χ0) is 21.4. The molecule has 1 amide bonds. The third-order valence-corrected chi connectivity index (χ3v) is 5.97. The Hall–Kier alpha value is -3.59. The summed E-state index contributed by atoms with van der Waals surface area (Å²) in [5.74, 6) is -0.639. The second-order valence-corrected chi connectivity index (χ2v) is 7.89. The average Bonchev–Trinajstić information content (AvgIpc) is 3.26. The first kappa shape index (κ1) is 19.7. The predicted molar refractivity (Wildman–Crippen MR) is 114 cm³/mol. The topological polar surface area (TPSA) is 90.1 Å². The predicted octanol–water partition coefficient (Wildman–Crippen LogP) is 5.06. The van der Waals surface area contributed by atoms with Crippen LogP contribution in [0.4, 0.5) is 15.8 Å². The van der Waals surface area contributed by atoms with Gasteiger partial charge in [0.15, 0.2) is 0 Å². The van der Waals surface area contributed by atoms with Crippen LogP contribution in [0.2, 0.25) is 0 Å². The summed E-state index contributed by atoms with van der Waals surface area (Å²) in [6.07, 6.45) is 0. The molecule has 2 heterocycles. The molecule has 0 bridgehead atoms. The van der Waals surface area contributed by atoms with Gasteiger partial charge in [-0.25, -0.2) is 4.39 Å². The number of hydrogen-bond acceptors (Lipinski definition) is 5. The fraction of sp³-hybridized carbons (Fsp3) is 0.143. The molecular weight excluding hydrogens is 407 g/mol. The van der Waals surface area contributed by atoms with Crippen molar-refractivity contribution in [2.24, 2.45) is 0 Å². The zero-order valence-electron chi connectivity index (χ0n) is 16.2. The highest BCUT2D eigenvalue weighted by atomic mass is 32.1. The minimum absolute atomic E-state index is 0.0464. The van der Waals surface area contributed by atoms with Crippen molar-refractivity contribution in [1.29, 1.82) is 0 Å². The number of benzene rings is 2. The number of carbonyl (C=O) groups is 1. The summed E-state index contributed by atoms with van der Waals surface area (Å²) >= 11 is 1.29. The Bertz CT molecular complexity index is 1280. The van der Waals surface area contributed by atoms with Crippen LogP contribution in [0.5, 0.6) is 0 Å². The van der Waals surface area contributed by atoms with Crippen molar-refractivity contribution >= 4 is 38.8 Å². The first-order valence-electron chi connectivity index (χ1n) is 9.10. The van der Waals surface area contributed by atoms with Gasteiger partial charge >= 0.3 is 0 Å². The van der Waals surface area contributed by atoms with Gasteiger partial charge in [0.2, 0.25) is 0 Å². The van der Waals surface area contributed by atoms with Crippen LogP contribution in [0.15, 0.2) is 48.5 Å². The number of rotatable bonds is 5. The summed E-state index contributed by atoms with van der Waals surface area (Å²) in [5, 5.41) is 19.3. The summed E-state index contributed by atoms with van der Waals surface area (Å²) in [6.45, 7) is 3.92. The van der Waals surface area contributed by atoms with Gasteiger partial charge in [-0.1, -0.05) is 18.2 Å². The summed E-state index contributed by atoms with van der Waals surface area (Å²) in [4.78, 5) is 24.7. The van der Waals surface area contributed by atoms with Crippen LogP contribution in [0.25, 0.3) is 10.2 Å². The number of aromatic nitrogens is 2. The van der Waals surface area contributed by atoms with E-state index in [0.29, 0.717) is 22.7 Å². The lowest BCUT2D eigenvalue weighted by Gasteiger charge is -2.07. The SMILES string of the molecule is Cc1c(NC(=O)c2cc3c(C)nn(Cc4ccc(F)cc4)c3s2)cccc1[N+](=O)[O-]. The van der Waals surface area contributed by atoms with Gasteiger partial charge in [-0.2, -0.15) is 5.10 Å². The molecule has 9 heteroatoms. The Balaban J connectivity index is 1.62. The van der Waals surface area contributed by atoms with E-state index in [2.05, 4.69) is 10.4 Å². The first-order chi connectivity index (χ1) is 14.3. The van der Waals surface area contributed by atoms with Gasteiger partial charge in [0.05, 0.1) is 33.3 Å². The van der Waals surface area contributed by atoms with Crippen LogP contribution < -0.4 is 5.32 Å². The minimum Gasteiger partial charge on any atom is -0.321 e. The summed E-state index contributed by atoms with van der Waals surface area (Å²) < 4.78 is 14.9. The molecule has 2 aromatic carbocycles. The average molecular weight is 424 g/mol. The number of thiophene rings is 1. The van der Waals surface area contributed by atoms with Crippen LogP contribution in [0, 0.1) is 29.8 Å². The lowest BCUT2D eigenvalue weighted by molar-refractivity contribution is -0.385. The number of fused-ring (bicyclic) bond motifs is 1. The van der Waals surface area contributed by atoms with Gasteiger partial charge in [0.25, 0.3) is 11.6 Å². The fourth-order valence-electron chi connectivity index (χ4n) is 3.24. The fourth-order valence-corrected chi connectivity index (χ4v) is 4.29. The van der Waals surface area contributed by atoms with Crippen LogP contribution in [0.3, 0.4) is 0 Å². The lowest BCUT2D eigenvalue weighted by Crippen LogP contribution is -2.11. The van der Waals surface area contributed by atoms with Crippen molar-refractivity contribution in [2.45, 2.75) is 20.4 Å². The minimum atomic E-state index is -0.474. The Morgan fingerprint density at radius 2 is 1.97 bits per heavy atom. The molecule has 0 fully saturated rings. The van der Waals surface area contributed by atoms with E-state index in [1.165, 1.54) is 35.6 Å². The van der Waals surface area contributed by atoms with E-state index in [0.717, 1.165) is 21.5 Å². The second-order valence-electron chi connectivity index (χ2n) is 6.86. The Labute approximate surface area is 174 Å². The molecule has 0 aliphatic heterocycles. The summed E-state index contributed by atoms with van der Waals surface area (Å²) in [7, 11) is 0. The van der Waals surface area contributed by atoms with Gasteiger partial charge in [-0.3, -0.25) is 19.6 Å². The molecular formula is C21H17FN4O3S. The molecule has 7 nitrogen and oxygen atoms in total. The Kier molecular flexibility index (Phi) is 5.04. The van der Waals surface area contributed by atoms with E-state index in [9.17, 15) is 19.3 Å². The van der Waals surface area contributed by atoms with E-state index >= 15 is 0 Å². The number of nitro benzene ring substituents is 1. The van der Waals surface area contributed by atoms with E-state index in [4.69, 9.17) is 0 Å². The van der Waals surface area contributed by atoms with Crippen LogP contribution in [-0.2, 0) is 6.54 Å². The molecule has 0 saturated carbocycles. The molecule has 0 atom stereocenters. The highest BCUT2D eigenvalue weighted by Crippen LogP contribution is 2.31. The molecule has 0 spiro atoms. The standard InChI is InChI=1S/C21H17FN4O3S/c1-12-17(4-3-5-18(12)26(28)29)23-20(27)19-10-16-13(2)24-25(21(16)30-19)11-14-6-8-15(22)9-7-14/h3-10H,11H2,1-2H3,(H,23,27). The molecule has 4 rings (SSSR count). The summed E-state index contributed by atoms with van der Waals surface area (Å²) in [6, 6.07) is 12.5. The van der Waals surface area contributed by atoms with Gasteiger partial charge in [0, 0.05) is 11.5 Å². The van der Waals surface area contributed by atoms with Crippen molar-refractivity contribution in [3.63, 3.8) is 0 Å². The number of aryl methyl sites for hydroxylation is 1. The maximum Gasteiger partial charge on any atom is 0.274 e. The van der Waals surface area contributed by atoms with Crippen LogP contribution >= 0.6 is 11.3 Å². The number of hydrogen-bond donors (Lipinski definition) is 1. The molecule has 0 radical (unpaired) electrons. The van der Waals surface area contributed by atoms with Crippen molar-refractivity contribution < 1.29 is 14.1 Å². The molecule has 152 valence electrons. The largest absolute Gasteiger partial charge is 0.321 e. The molecule has 0 unspecified atom stereocenters. The third kappa shape index (κ3) is 3.67. The number of nitro groups is 1. The van der Waals surface area contributed by atoms with E-state index < -0.39 is 4.92 Å². The number of nitrogens with zero attached hydrogens (tertiary/aromatic N) is 3. The van der Waals surface area contributed by atoms with Gasteiger partial charge < -0.3 is 5.32 Å². The summed E-state index contributed by atoms with van der Waals surface area (Å²) in [5.41, 5.74) is 2.43.